The normalized spacial score (nSPS) is 9.50. The summed E-state index contributed by atoms with van der Waals surface area (Å²) < 4.78 is 4.74. The summed E-state index contributed by atoms with van der Waals surface area (Å²) in [5, 5.41) is 0. The van der Waals surface area contributed by atoms with Crippen molar-refractivity contribution in [2.24, 2.45) is 0 Å². The number of hydrogen-bond donors (Lipinski definition) is 0. The molecular weight excluding hydrogens is 176 g/mol. The molecule has 0 atom stereocenters. The first-order valence-corrected chi connectivity index (χ1v) is 4.23. The van der Waals surface area contributed by atoms with Gasteiger partial charge in [0.2, 0.25) is 0 Å². The van der Waals surface area contributed by atoms with Crippen molar-refractivity contribution in [3.8, 4) is 0 Å². The molecule has 2 nitrogen and oxygen atoms in total. The molecule has 0 unspecified atom stereocenters. The first-order chi connectivity index (χ1) is 6.33. The van der Waals surface area contributed by atoms with Gasteiger partial charge in [-0.1, -0.05) is 37.8 Å². The molecule has 0 amide bonds. The van der Waals surface area contributed by atoms with Crippen molar-refractivity contribution in [2.45, 2.75) is 14.4 Å². The van der Waals surface area contributed by atoms with E-state index < -0.39 is 0 Å². The fourth-order valence-corrected chi connectivity index (χ4v) is 0.919. The second-order valence-electron chi connectivity index (χ2n) is 2.50. The SMILES string of the molecule is C.CCOC(=O)C=Cc1ccccc1. The van der Waals surface area contributed by atoms with Crippen molar-refractivity contribution in [1.29, 1.82) is 0 Å². The van der Waals surface area contributed by atoms with Gasteiger partial charge in [0.15, 0.2) is 0 Å². The minimum absolute atomic E-state index is 0. The van der Waals surface area contributed by atoms with Gasteiger partial charge in [-0.15, -0.1) is 0 Å². The Morgan fingerprint density at radius 2 is 2.00 bits per heavy atom. The zero-order valence-electron chi connectivity index (χ0n) is 7.57. The minimum atomic E-state index is -0.300. The maximum Gasteiger partial charge on any atom is 0.330 e. The largest absolute Gasteiger partial charge is 0.463 e. The van der Waals surface area contributed by atoms with E-state index in [0.29, 0.717) is 6.61 Å². The van der Waals surface area contributed by atoms with Crippen molar-refractivity contribution in [3.63, 3.8) is 0 Å². The van der Waals surface area contributed by atoms with Crippen LogP contribution in [0, 0.1) is 0 Å². The number of rotatable bonds is 3. The smallest absolute Gasteiger partial charge is 0.330 e. The molecule has 0 aliphatic rings. The molecule has 0 N–H and O–H groups in total. The molecule has 2 heteroatoms. The quantitative estimate of drug-likeness (QED) is 0.543. The molecule has 0 aliphatic carbocycles. The Kier molecular flexibility index (Phi) is 6.12. The summed E-state index contributed by atoms with van der Waals surface area (Å²) in [4.78, 5) is 10.9. The van der Waals surface area contributed by atoms with E-state index in [1.165, 1.54) is 6.08 Å². The maximum atomic E-state index is 10.9. The Hall–Kier alpha value is -1.57. The summed E-state index contributed by atoms with van der Waals surface area (Å²) >= 11 is 0. The molecule has 0 bridgehead atoms. The van der Waals surface area contributed by atoms with Crippen LogP contribution in [0.15, 0.2) is 36.4 Å². The van der Waals surface area contributed by atoms with Gasteiger partial charge in [0.1, 0.15) is 0 Å². The molecule has 0 saturated heterocycles. The topological polar surface area (TPSA) is 26.3 Å². The molecule has 0 radical (unpaired) electrons. The zero-order valence-corrected chi connectivity index (χ0v) is 7.57. The summed E-state index contributed by atoms with van der Waals surface area (Å²) in [6, 6.07) is 9.63. The third-order valence-electron chi connectivity index (χ3n) is 1.50. The molecule has 0 saturated carbocycles. The Morgan fingerprint density at radius 1 is 1.36 bits per heavy atom. The van der Waals surface area contributed by atoms with Crippen LogP contribution in [0.1, 0.15) is 19.9 Å². The lowest BCUT2D eigenvalue weighted by molar-refractivity contribution is -0.137. The van der Waals surface area contributed by atoms with E-state index in [0.717, 1.165) is 5.56 Å². The van der Waals surface area contributed by atoms with E-state index in [9.17, 15) is 4.79 Å². The van der Waals surface area contributed by atoms with Crippen LogP contribution < -0.4 is 0 Å². The third-order valence-corrected chi connectivity index (χ3v) is 1.50. The number of carbonyl (C=O) groups is 1. The highest BCUT2D eigenvalue weighted by Crippen LogP contribution is 2.00. The Morgan fingerprint density at radius 3 is 2.57 bits per heavy atom. The maximum absolute atomic E-state index is 10.9. The fourth-order valence-electron chi connectivity index (χ4n) is 0.919. The Labute approximate surface area is 85.2 Å². The number of esters is 1. The first kappa shape index (κ1) is 12.4. The van der Waals surface area contributed by atoms with Crippen molar-refractivity contribution < 1.29 is 9.53 Å². The second kappa shape index (κ2) is 6.89. The van der Waals surface area contributed by atoms with Gasteiger partial charge in [-0.3, -0.25) is 0 Å². The van der Waals surface area contributed by atoms with Crippen LogP contribution in [-0.2, 0) is 9.53 Å². The van der Waals surface area contributed by atoms with E-state index in [1.54, 1.807) is 13.0 Å². The lowest BCUT2D eigenvalue weighted by Gasteiger charge is -1.94. The van der Waals surface area contributed by atoms with Crippen LogP contribution in [0.4, 0.5) is 0 Å². The summed E-state index contributed by atoms with van der Waals surface area (Å²) in [7, 11) is 0. The lowest BCUT2D eigenvalue weighted by atomic mass is 10.2. The third kappa shape index (κ3) is 4.45. The highest BCUT2D eigenvalue weighted by molar-refractivity contribution is 5.86. The summed E-state index contributed by atoms with van der Waals surface area (Å²) in [6.07, 6.45) is 3.16. The van der Waals surface area contributed by atoms with Crippen molar-refractivity contribution >= 4 is 12.0 Å². The van der Waals surface area contributed by atoms with Gasteiger partial charge in [-0.25, -0.2) is 4.79 Å². The van der Waals surface area contributed by atoms with E-state index in [4.69, 9.17) is 4.74 Å². The van der Waals surface area contributed by atoms with Crippen LogP contribution >= 0.6 is 0 Å². The first-order valence-electron chi connectivity index (χ1n) is 4.23. The Balaban J connectivity index is 0.00000169. The standard InChI is InChI=1S/C11H12O2.CH4/c1-2-13-11(12)9-8-10-6-4-3-5-7-10;/h3-9H,2H2,1H3;1H4. The molecule has 1 aromatic carbocycles. The van der Waals surface area contributed by atoms with E-state index in [2.05, 4.69) is 0 Å². The van der Waals surface area contributed by atoms with Crippen molar-refractivity contribution in [1.82, 2.24) is 0 Å². The molecule has 1 aromatic rings. The molecule has 14 heavy (non-hydrogen) atoms. The monoisotopic (exact) mass is 192 g/mol. The fraction of sp³-hybridized carbons (Fsp3) is 0.250. The van der Waals surface area contributed by atoms with Crippen LogP contribution in [0.3, 0.4) is 0 Å². The number of ether oxygens (including phenoxy) is 1. The van der Waals surface area contributed by atoms with Crippen LogP contribution in [0.2, 0.25) is 0 Å². The number of carbonyl (C=O) groups excluding carboxylic acids is 1. The second-order valence-corrected chi connectivity index (χ2v) is 2.50. The summed E-state index contributed by atoms with van der Waals surface area (Å²) in [5.41, 5.74) is 0.996. The number of benzene rings is 1. The highest BCUT2D eigenvalue weighted by atomic mass is 16.5. The Bertz CT molecular complexity index is 288. The van der Waals surface area contributed by atoms with Gasteiger partial charge in [0, 0.05) is 6.08 Å². The highest BCUT2D eigenvalue weighted by Gasteiger charge is 1.92. The van der Waals surface area contributed by atoms with Gasteiger partial charge in [0.05, 0.1) is 6.61 Å². The van der Waals surface area contributed by atoms with Crippen LogP contribution in [-0.4, -0.2) is 12.6 Å². The van der Waals surface area contributed by atoms with Crippen molar-refractivity contribution in [3.05, 3.63) is 42.0 Å². The van der Waals surface area contributed by atoms with Crippen molar-refractivity contribution in [2.75, 3.05) is 6.61 Å². The van der Waals surface area contributed by atoms with Gasteiger partial charge in [-0.2, -0.15) is 0 Å². The van der Waals surface area contributed by atoms with E-state index in [-0.39, 0.29) is 13.4 Å². The summed E-state index contributed by atoms with van der Waals surface area (Å²) in [5.74, 6) is -0.300. The average molecular weight is 192 g/mol. The van der Waals surface area contributed by atoms with Gasteiger partial charge < -0.3 is 4.74 Å². The molecule has 76 valence electrons. The van der Waals surface area contributed by atoms with E-state index >= 15 is 0 Å². The predicted octanol–water partition coefficient (Wildman–Crippen LogP) is 2.90. The molecule has 0 aliphatic heterocycles. The lowest BCUT2D eigenvalue weighted by Crippen LogP contribution is -1.98. The van der Waals surface area contributed by atoms with Crippen LogP contribution in [0.25, 0.3) is 6.08 Å². The predicted molar refractivity (Wildman–Crippen MR) is 58.8 cm³/mol. The molecule has 1 rings (SSSR count). The molecule has 0 fully saturated rings. The van der Waals surface area contributed by atoms with Gasteiger partial charge in [-0.05, 0) is 18.6 Å². The molecular formula is C12H16O2. The van der Waals surface area contributed by atoms with E-state index in [1.807, 2.05) is 30.3 Å². The zero-order chi connectivity index (χ0) is 9.52. The molecule has 0 heterocycles. The van der Waals surface area contributed by atoms with Gasteiger partial charge in [0.25, 0.3) is 0 Å². The number of hydrogen-bond acceptors (Lipinski definition) is 2. The summed E-state index contributed by atoms with van der Waals surface area (Å²) in [6.45, 7) is 2.20. The molecule has 0 spiro atoms. The molecule has 0 aromatic heterocycles. The average Bonchev–Trinajstić information content (AvgIpc) is 2.17. The minimum Gasteiger partial charge on any atom is -0.463 e. The van der Waals surface area contributed by atoms with Gasteiger partial charge >= 0.3 is 5.97 Å². The van der Waals surface area contributed by atoms with Crippen LogP contribution in [0.5, 0.6) is 0 Å².